The van der Waals surface area contributed by atoms with E-state index in [0.29, 0.717) is 25.4 Å². The fourth-order valence-corrected chi connectivity index (χ4v) is 3.60. The highest BCUT2D eigenvalue weighted by atomic mass is 127. The molecule has 1 saturated carbocycles. The van der Waals surface area contributed by atoms with Crippen molar-refractivity contribution in [3.63, 3.8) is 0 Å². The number of halogens is 1. The molecule has 1 aliphatic heterocycles. The van der Waals surface area contributed by atoms with Crippen LogP contribution in [0.4, 0.5) is 0 Å². The third kappa shape index (κ3) is 8.64. The average Bonchev–Trinajstić information content (AvgIpc) is 3.42. The molecule has 2 heterocycles. The Hall–Kier alpha value is -1.13. The Morgan fingerprint density at radius 1 is 1.24 bits per heavy atom. The lowest BCUT2D eigenvalue weighted by Gasteiger charge is -2.17. The van der Waals surface area contributed by atoms with Crippen LogP contribution in [0, 0.1) is 0 Å². The molecule has 1 atom stereocenters. The second-order valence-corrected chi connectivity index (χ2v) is 7.41. The number of guanidine groups is 1. The molecule has 2 fully saturated rings. The molecule has 0 radical (unpaired) electrons. The first-order chi connectivity index (χ1) is 13.8. The predicted octanol–water partition coefficient (Wildman–Crippen LogP) is 3.27. The standard InChI is InChI=1S/C21H34N4O3.HI/c1-22-21(24-12-6-13-26-16-19-10-5-14-27-19)25-15-17-7-4-11-23-20(17)28-18-8-2-3-9-18;/h4,7,11,18-19H,2-3,5-6,8-10,12-16H2,1H3,(H2,22,24,25);1H. The van der Waals surface area contributed by atoms with Crippen molar-refractivity contribution in [2.75, 3.05) is 33.4 Å². The summed E-state index contributed by atoms with van der Waals surface area (Å²) in [5, 5.41) is 6.67. The van der Waals surface area contributed by atoms with E-state index in [0.717, 1.165) is 69.3 Å². The highest BCUT2D eigenvalue weighted by Crippen LogP contribution is 2.24. The van der Waals surface area contributed by atoms with E-state index in [9.17, 15) is 0 Å². The molecule has 3 rings (SSSR count). The molecule has 0 spiro atoms. The molecule has 1 aliphatic carbocycles. The lowest BCUT2D eigenvalue weighted by molar-refractivity contribution is 0.0168. The smallest absolute Gasteiger partial charge is 0.218 e. The number of pyridine rings is 1. The molecule has 0 amide bonds. The maximum Gasteiger partial charge on any atom is 0.218 e. The van der Waals surface area contributed by atoms with Gasteiger partial charge in [0.05, 0.1) is 12.7 Å². The van der Waals surface area contributed by atoms with Gasteiger partial charge in [-0.15, -0.1) is 24.0 Å². The van der Waals surface area contributed by atoms with Gasteiger partial charge in [0, 0.05) is 45.1 Å². The monoisotopic (exact) mass is 518 g/mol. The van der Waals surface area contributed by atoms with Gasteiger partial charge < -0.3 is 24.8 Å². The lowest BCUT2D eigenvalue weighted by Crippen LogP contribution is -2.37. The van der Waals surface area contributed by atoms with Gasteiger partial charge in [-0.3, -0.25) is 4.99 Å². The predicted molar refractivity (Wildman–Crippen MR) is 125 cm³/mol. The number of ether oxygens (including phenoxy) is 3. The molecule has 29 heavy (non-hydrogen) atoms. The summed E-state index contributed by atoms with van der Waals surface area (Å²) in [7, 11) is 1.78. The van der Waals surface area contributed by atoms with Gasteiger partial charge in [-0.25, -0.2) is 4.98 Å². The first kappa shape index (κ1) is 24.1. The van der Waals surface area contributed by atoms with Crippen LogP contribution in [0.1, 0.15) is 50.5 Å². The van der Waals surface area contributed by atoms with Crippen molar-refractivity contribution in [3.05, 3.63) is 23.9 Å². The molecular weight excluding hydrogens is 483 g/mol. The first-order valence-corrected chi connectivity index (χ1v) is 10.6. The molecule has 164 valence electrons. The van der Waals surface area contributed by atoms with E-state index in [1.165, 1.54) is 12.8 Å². The second-order valence-electron chi connectivity index (χ2n) is 7.41. The molecule has 7 nitrogen and oxygen atoms in total. The Labute approximate surface area is 191 Å². The summed E-state index contributed by atoms with van der Waals surface area (Å²) in [6, 6.07) is 4.00. The molecule has 2 aliphatic rings. The van der Waals surface area contributed by atoms with E-state index in [1.54, 1.807) is 13.2 Å². The Balaban J connectivity index is 0.00000300. The Bertz CT molecular complexity index is 605. The van der Waals surface area contributed by atoms with Gasteiger partial charge >= 0.3 is 0 Å². The van der Waals surface area contributed by atoms with Crippen LogP contribution in [-0.4, -0.2) is 56.6 Å². The molecule has 8 heteroatoms. The number of nitrogens with zero attached hydrogens (tertiary/aromatic N) is 2. The minimum Gasteiger partial charge on any atom is -0.474 e. The molecule has 1 unspecified atom stereocenters. The number of rotatable bonds is 10. The van der Waals surface area contributed by atoms with Crippen LogP contribution in [0.15, 0.2) is 23.3 Å². The van der Waals surface area contributed by atoms with E-state index in [-0.39, 0.29) is 24.0 Å². The average molecular weight is 518 g/mol. The van der Waals surface area contributed by atoms with E-state index < -0.39 is 0 Å². The highest BCUT2D eigenvalue weighted by Gasteiger charge is 2.18. The summed E-state index contributed by atoms with van der Waals surface area (Å²) in [4.78, 5) is 8.71. The van der Waals surface area contributed by atoms with Crippen LogP contribution in [0.5, 0.6) is 5.88 Å². The highest BCUT2D eigenvalue weighted by molar-refractivity contribution is 14.0. The lowest BCUT2D eigenvalue weighted by atomic mass is 10.2. The minimum atomic E-state index is 0. The van der Waals surface area contributed by atoms with Crippen LogP contribution in [-0.2, 0) is 16.0 Å². The van der Waals surface area contributed by atoms with Crippen LogP contribution in [0.2, 0.25) is 0 Å². The number of hydrogen-bond acceptors (Lipinski definition) is 5. The van der Waals surface area contributed by atoms with Gasteiger partial charge in [0.25, 0.3) is 0 Å². The number of nitrogens with one attached hydrogen (secondary N) is 2. The van der Waals surface area contributed by atoms with Crippen molar-refractivity contribution in [3.8, 4) is 5.88 Å². The summed E-state index contributed by atoms with van der Waals surface area (Å²) in [6.07, 6.45) is 10.3. The molecular formula is C21H35IN4O3. The Kier molecular flexibility index (Phi) is 11.6. The first-order valence-electron chi connectivity index (χ1n) is 10.6. The minimum absolute atomic E-state index is 0. The van der Waals surface area contributed by atoms with Gasteiger partial charge in [-0.2, -0.15) is 0 Å². The van der Waals surface area contributed by atoms with E-state index >= 15 is 0 Å². The zero-order valence-electron chi connectivity index (χ0n) is 17.4. The van der Waals surface area contributed by atoms with E-state index in [4.69, 9.17) is 14.2 Å². The second kappa shape index (κ2) is 14.0. The molecule has 1 aromatic heterocycles. The zero-order chi connectivity index (χ0) is 19.4. The fourth-order valence-electron chi connectivity index (χ4n) is 3.60. The van der Waals surface area contributed by atoms with Gasteiger partial charge in [-0.05, 0) is 51.0 Å². The third-order valence-electron chi connectivity index (χ3n) is 5.19. The van der Waals surface area contributed by atoms with Crippen molar-refractivity contribution in [2.24, 2.45) is 4.99 Å². The summed E-state index contributed by atoms with van der Waals surface area (Å²) in [5.41, 5.74) is 1.05. The topological polar surface area (TPSA) is 77.0 Å². The van der Waals surface area contributed by atoms with Gasteiger partial charge in [-0.1, -0.05) is 6.07 Å². The Morgan fingerprint density at radius 2 is 2.10 bits per heavy atom. The summed E-state index contributed by atoms with van der Waals surface area (Å²) in [6.45, 7) is 3.75. The quantitative estimate of drug-likeness (QED) is 0.214. The maximum atomic E-state index is 6.10. The molecule has 1 aromatic rings. The Morgan fingerprint density at radius 3 is 2.86 bits per heavy atom. The van der Waals surface area contributed by atoms with Gasteiger partial charge in [0.1, 0.15) is 6.10 Å². The van der Waals surface area contributed by atoms with Gasteiger partial charge in [0.15, 0.2) is 5.96 Å². The van der Waals surface area contributed by atoms with Crippen LogP contribution < -0.4 is 15.4 Å². The SMILES string of the molecule is CN=C(NCCCOCC1CCCO1)NCc1cccnc1OC1CCCC1.I. The van der Waals surface area contributed by atoms with Crippen molar-refractivity contribution in [2.45, 2.75) is 63.7 Å². The molecule has 0 aromatic carbocycles. The molecule has 0 bridgehead atoms. The van der Waals surface area contributed by atoms with Crippen molar-refractivity contribution in [1.82, 2.24) is 15.6 Å². The summed E-state index contributed by atoms with van der Waals surface area (Å²) < 4.78 is 17.3. The fraction of sp³-hybridized carbons (Fsp3) is 0.714. The van der Waals surface area contributed by atoms with Crippen LogP contribution in [0.25, 0.3) is 0 Å². The molecule has 2 N–H and O–H groups in total. The third-order valence-corrected chi connectivity index (χ3v) is 5.19. The van der Waals surface area contributed by atoms with E-state index in [1.807, 2.05) is 6.07 Å². The zero-order valence-corrected chi connectivity index (χ0v) is 19.7. The van der Waals surface area contributed by atoms with Crippen LogP contribution >= 0.6 is 24.0 Å². The normalized spacial score (nSPS) is 19.8. The number of aliphatic imine (C=N–C) groups is 1. The van der Waals surface area contributed by atoms with Crippen LogP contribution in [0.3, 0.4) is 0 Å². The molecule has 1 saturated heterocycles. The maximum absolute atomic E-state index is 6.10. The van der Waals surface area contributed by atoms with Crippen molar-refractivity contribution >= 4 is 29.9 Å². The summed E-state index contributed by atoms with van der Waals surface area (Å²) in [5.74, 6) is 1.51. The number of aromatic nitrogens is 1. The van der Waals surface area contributed by atoms with Crippen molar-refractivity contribution in [1.29, 1.82) is 0 Å². The summed E-state index contributed by atoms with van der Waals surface area (Å²) >= 11 is 0. The number of hydrogen-bond donors (Lipinski definition) is 2. The van der Waals surface area contributed by atoms with E-state index in [2.05, 4.69) is 26.7 Å². The largest absolute Gasteiger partial charge is 0.474 e. The van der Waals surface area contributed by atoms with Gasteiger partial charge in [0.2, 0.25) is 5.88 Å². The van der Waals surface area contributed by atoms with Crippen molar-refractivity contribution < 1.29 is 14.2 Å².